The first-order chi connectivity index (χ1) is 15.7. The van der Waals surface area contributed by atoms with E-state index in [1.807, 2.05) is 5.57 Å². The average Bonchev–Trinajstić information content (AvgIpc) is 3.14. The number of fused-ring (bicyclic) bond motifs is 6. The highest BCUT2D eigenvalue weighted by atomic mass is 16.3. The van der Waals surface area contributed by atoms with Crippen LogP contribution < -0.4 is 0 Å². The zero-order valence-corrected chi connectivity index (χ0v) is 22.7. The average molecular weight is 455 g/mol. The Morgan fingerprint density at radius 3 is 2.27 bits per heavy atom. The molecule has 0 bridgehead atoms. The maximum Gasteiger partial charge on any atom is 0.0599 e. The van der Waals surface area contributed by atoms with E-state index in [9.17, 15) is 5.11 Å². The summed E-state index contributed by atoms with van der Waals surface area (Å²) in [6.45, 7) is 12.7. The summed E-state index contributed by atoms with van der Waals surface area (Å²) in [5.41, 5.74) is 3.11. The first-order valence-corrected chi connectivity index (χ1v) is 15.1. The second-order valence-electron chi connectivity index (χ2n) is 14.5. The van der Waals surface area contributed by atoms with E-state index in [0.29, 0.717) is 10.8 Å². The Morgan fingerprint density at radius 2 is 1.55 bits per heavy atom. The lowest BCUT2D eigenvalue weighted by molar-refractivity contribution is -0.156. The van der Waals surface area contributed by atoms with Crippen molar-refractivity contribution in [1.29, 1.82) is 0 Å². The smallest absolute Gasteiger partial charge is 0.0599 e. The second kappa shape index (κ2) is 8.97. The molecule has 4 fully saturated rings. The highest BCUT2D eigenvalue weighted by Gasteiger charge is 2.62. The number of aliphatic hydroxyl groups excluding tert-OH is 1. The summed E-state index contributed by atoms with van der Waals surface area (Å²) in [5, 5.41) is 11.3. The molecule has 1 heteroatoms. The molecule has 1 N–H and O–H groups in total. The Labute approximate surface area is 205 Å². The number of aliphatic hydroxyl groups is 1. The van der Waals surface area contributed by atoms with Crippen LogP contribution in [0.1, 0.15) is 131 Å². The SMILES string of the molecule is CC(C)CCC[C@@H](C)[C@H]1CC[C@H]2C3=CCC4C5(CCCCC5)C(O)CC[C@]4(C)[C@H]3CC[C@]12C. The molecule has 0 saturated heterocycles. The molecule has 0 aliphatic heterocycles. The van der Waals surface area contributed by atoms with Crippen molar-refractivity contribution < 1.29 is 5.11 Å². The molecule has 0 amide bonds. The molecule has 0 aromatic rings. The molecule has 1 spiro atoms. The molecule has 8 atom stereocenters. The van der Waals surface area contributed by atoms with Crippen LogP contribution in [0, 0.1) is 51.8 Å². The van der Waals surface area contributed by atoms with Gasteiger partial charge >= 0.3 is 0 Å². The van der Waals surface area contributed by atoms with E-state index in [-0.39, 0.29) is 11.5 Å². The molecule has 33 heavy (non-hydrogen) atoms. The molecule has 1 nitrogen and oxygen atoms in total. The van der Waals surface area contributed by atoms with Gasteiger partial charge in [-0.2, -0.15) is 0 Å². The van der Waals surface area contributed by atoms with Crippen molar-refractivity contribution in [2.45, 2.75) is 137 Å². The van der Waals surface area contributed by atoms with E-state index < -0.39 is 0 Å². The number of hydrogen-bond donors (Lipinski definition) is 1. The summed E-state index contributed by atoms with van der Waals surface area (Å²) in [6, 6.07) is 0. The van der Waals surface area contributed by atoms with E-state index in [2.05, 4.69) is 40.7 Å². The van der Waals surface area contributed by atoms with Crippen LogP contribution in [0.25, 0.3) is 0 Å². The third-order valence-electron chi connectivity index (χ3n) is 12.6. The Bertz CT molecular complexity index is 729. The first-order valence-electron chi connectivity index (χ1n) is 15.1. The summed E-state index contributed by atoms with van der Waals surface area (Å²) >= 11 is 0. The minimum Gasteiger partial charge on any atom is -0.393 e. The van der Waals surface area contributed by atoms with Gasteiger partial charge in [0.15, 0.2) is 0 Å². The zero-order chi connectivity index (χ0) is 23.4. The molecule has 0 aromatic carbocycles. The summed E-state index contributed by atoms with van der Waals surface area (Å²) in [4.78, 5) is 0. The molecule has 5 aliphatic carbocycles. The largest absolute Gasteiger partial charge is 0.393 e. The quantitative estimate of drug-likeness (QED) is 0.411. The molecule has 5 rings (SSSR count). The lowest BCUT2D eigenvalue weighted by Gasteiger charge is -2.64. The third kappa shape index (κ3) is 3.81. The molecule has 5 aliphatic rings. The molecule has 0 aromatic heterocycles. The number of rotatable bonds is 5. The minimum atomic E-state index is -0.0396. The van der Waals surface area contributed by atoms with Gasteiger partial charge in [-0.25, -0.2) is 0 Å². The Balaban J connectivity index is 1.38. The fraction of sp³-hybridized carbons (Fsp3) is 0.938. The van der Waals surface area contributed by atoms with Crippen molar-refractivity contribution in [1.82, 2.24) is 0 Å². The van der Waals surface area contributed by atoms with Gasteiger partial charge in [-0.05, 0) is 110 Å². The summed E-state index contributed by atoms with van der Waals surface area (Å²) in [6.07, 6.45) is 23.1. The van der Waals surface area contributed by atoms with Crippen LogP contribution in [-0.2, 0) is 0 Å². The fourth-order valence-corrected chi connectivity index (χ4v) is 10.9. The van der Waals surface area contributed by atoms with Gasteiger partial charge < -0.3 is 5.11 Å². The van der Waals surface area contributed by atoms with E-state index in [1.165, 1.54) is 89.9 Å². The predicted molar refractivity (Wildman–Crippen MR) is 140 cm³/mol. The van der Waals surface area contributed by atoms with Gasteiger partial charge in [-0.1, -0.05) is 84.8 Å². The number of hydrogen-bond acceptors (Lipinski definition) is 1. The maximum atomic E-state index is 11.3. The second-order valence-corrected chi connectivity index (χ2v) is 14.5. The number of allylic oxidation sites excluding steroid dienone is 2. The van der Waals surface area contributed by atoms with Crippen molar-refractivity contribution in [2.24, 2.45) is 51.8 Å². The van der Waals surface area contributed by atoms with E-state index in [4.69, 9.17) is 0 Å². The van der Waals surface area contributed by atoms with Gasteiger partial charge in [0.25, 0.3) is 0 Å². The molecular formula is C32H54O. The van der Waals surface area contributed by atoms with Crippen LogP contribution in [0.4, 0.5) is 0 Å². The van der Waals surface area contributed by atoms with E-state index in [0.717, 1.165) is 41.9 Å². The highest BCUT2D eigenvalue weighted by molar-refractivity contribution is 5.29. The van der Waals surface area contributed by atoms with Crippen molar-refractivity contribution in [3.63, 3.8) is 0 Å². The Hall–Kier alpha value is -0.300. The standard InChI is InChI=1S/C32H54O/c1-22(2)10-9-11-23(3)25-13-14-26-24-12-15-28-31(5,27(24)16-20-30(25,26)4)21-17-29(33)32(28)18-7-6-8-19-32/h12,22-23,25-29,33H,6-11,13-21H2,1-5H3/t23-,25-,26+,27+,28?,29?,30-,31-/m1/s1. The summed E-state index contributed by atoms with van der Waals surface area (Å²) in [7, 11) is 0. The lowest BCUT2D eigenvalue weighted by Crippen LogP contribution is -2.58. The molecule has 188 valence electrons. The molecule has 4 saturated carbocycles. The Morgan fingerprint density at radius 1 is 0.848 bits per heavy atom. The van der Waals surface area contributed by atoms with Crippen LogP contribution >= 0.6 is 0 Å². The van der Waals surface area contributed by atoms with Crippen molar-refractivity contribution in [3.05, 3.63) is 11.6 Å². The molecule has 2 unspecified atom stereocenters. The third-order valence-corrected chi connectivity index (χ3v) is 12.6. The summed E-state index contributed by atoms with van der Waals surface area (Å²) in [5.74, 6) is 5.04. The van der Waals surface area contributed by atoms with Crippen LogP contribution in [0.15, 0.2) is 11.6 Å². The van der Waals surface area contributed by atoms with Gasteiger partial charge in [0.05, 0.1) is 6.10 Å². The first kappa shape index (κ1) is 24.4. The molecule has 0 heterocycles. The van der Waals surface area contributed by atoms with Gasteiger partial charge in [-0.3, -0.25) is 0 Å². The van der Waals surface area contributed by atoms with Crippen LogP contribution in [0.5, 0.6) is 0 Å². The van der Waals surface area contributed by atoms with Crippen molar-refractivity contribution in [3.8, 4) is 0 Å². The monoisotopic (exact) mass is 454 g/mol. The topological polar surface area (TPSA) is 20.2 Å². The van der Waals surface area contributed by atoms with Crippen LogP contribution in [0.3, 0.4) is 0 Å². The van der Waals surface area contributed by atoms with Crippen LogP contribution in [-0.4, -0.2) is 11.2 Å². The zero-order valence-electron chi connectivity index (χ0n) is 22.7. The fourth-order valence-electron chi connectivity index (χ4n) is 10.9. The van der Waals surface area contributed by atoms with Gasteiger partial charge in [0, 0.05) is 0 Å². The maximum absolute atomic E-state index is 11.3. The van der Waals surface area contributed by atoms with Gasteiger partial charge in [0.2, 0.25) is 0 Å². The van der Waals surface area contributed by atoms with Gasteiger partial charge in [0.1, 0.15) is 0 Å². The lowest BCUT2D eigenvalue weighted by atomic mass is 9.41. The highest BCUT2D eigenvalue weighted by Crippen LogP contribution is 2.70. The predicted octanol–water partition coefficient (Wildman–Crippen LogP) is 8.95. The molecule has 0 radical (unpaired) electrons. The summed E-state index contributed by atoms with van der Waals surface area (Å²) < 4.78 is 0. The van der Waals surface area contributed by atoms with Crippen molar-refractivity contribution >= 4 is 0 Å². The normalized spacial score (nSPS) is 45.3. The van der Waals surface area contributed by atoms with E-state index in [1.54, 1.807) is 0 Å². The van der Waals surface area contributed by atoms with Crippen molar-refractivity contribution in [2.75, 3.05) is 0 Å². The Kier molecular flexibility index (Phi) is 6.63. The van der Waals surface area contributed by atoms with Crippen LogP contribution in [0.2, 0.25) is 0 Å². The molecular weight excluding hydrogens is 400 g/mol. The van der Waals surface area contributed by atoms with E-state index >= 15 is 0 Å². The van der Waals surface area contributed by atoms with Gasteiger partial charge in [-0.15, -0.1) is 0 Å². The minimum absolute atomic E-state index is 0.0396.